The van der Waals surface area contributed by atoms with E-state index in [1.54, 1.807) is 4.90 Å². The normalized spacial score (nSPS) is 20.2. The standard InChI is InChI=1S/C33H34N2O3/c36-32-31-19-10-14-25(20-22-34(32)21-9-8-13-24-11-2-1-3-12-24)35(31)33(37)38-23-30-28-17-6-4-15-26(28)27-16-5-7-18-29(27)30/h1-7,11-12,15-18,20,22,25,30-31H,8-10,13-14,19,21,23H2. The van der Waals surface area contributed by atoms with E-state index in [2.05, 4.69) is 48.5 Å². The zero-order valence-electron chi connectivity index (χ0n) is 21.7. The highest BCUT2D eigenvalue weighted by atomic mass is 16.6. The molecule has 38 heavy (non-hydrogen) atoms. The summed E-state index contributed by atoms with van der Waals surface area (Å²) >= 11 is 0. The molecule has 5 nitrogen and oxygen atoms in total. The van der Waals surface area contributed by atoms with Crippen LogP contribution in [-0.4, -0.2) is 47.0 Å². The molecule has 3 aromatic rings. The molecule has 0 radical (unpaired) electrons. The fraction of sp³-hybridized carbons (Fsp3) is 0.333. The molecular weight excluding hydrogens is 472 g/mol. The van der Waals surface area contributed by atoms with Crippen LogP contribution in [0.15, 0.2) is 91.1 Å². The van der Waals surface area contributed by atoms with Crippen LogP contribution >= 0.6 is 0 Å². The van der Waals surface area contributed by atoms with E-state index in [1.165, 1.54) is 27.8 Å². The number of carbonyl (C=O) groups is 2. The first kappa shape index (κ1) is 24.5. The predicted molar refractivity (Wildman–Crippen MR) is 149 cm³/mol. The number of unbranched alkanes of at least 4 members (excludes halogenated alkanes) is 1. The van der Waals surface area contributed by atoms with Crippen LogP contribution in [0, 0.1) is 0 Å². The summed E-state index contributed by atoms with van der Waals surface area (Å²) in [6.07, 6.45) is 8.96. The van der Waals surface area contributed by atoms with Gasteiger partial charge in [0.25, 0.3) is 0 Å². The van der Waals surface area contributed by atoms with Crippen molar-refractivity contribution >= 4 is 12.0 Å². The van der Waals surface area contributed by atoms with Crippen molar-refractivity contribution in [2.75, 3.05) is 13.2 Å². The minimum Gasteiger partial charge on any atom is -0.448 e. The molecule has 194 valence electrons. The maximum absolute atomic E-state index is 13.5. The molecule has 3 aromatic carbocycles. The fourth-order valence-corrected chi connectivity index (χ4v) is 6.30. The Hall–Kier alpha value is -3.86. The van der Waals surface area contributed by atoms with Gasteiger partial charge in [0.2, 0.25) is 5.91 Å². The Balaban J connectivity index is 1.11. The smallest absolute Gasteiger partial charge is 0.410 e. The Bertz CT molecular complexity index is 1290. The van der Waals surface area contributed by atoms with Crippen LogP contribution < -0.4 is 0 Å². The number of hydrogen-bond acceptors (Lipinski definition) is 3. The summed E-state index contributed by atoms with van der Waals surface area (Å²) in [4.78, 5) is 30.6. The molecule has 3 aliphatic rings. The lowest BCUT2D eigenvalue weighted by Crippen LogP contribution is -2.54. The minimum atomic E-state index is -0.464. The van der Waals surface area contributed by atoms with E-state index in [0.29, 0.717) is 13.0 Å². The SMILES string of the molecule is O=C1C2CCCC(C=CN1CCCCc1ccccc1)N2C(=O)OCC1c2ccccc2-c2ccccc21. The summed E-state index contributed by atoms with van der Waals surface area (Å²) < 4.78 is 5.98. The Morgan fingerprint density at radius 2 is 1.53 bits per heavy atom. The van der Waals surface area contributed by atoms with Crippen LogP contribution in [0.2, 0.25) is 0 Å². The van der Waals surface area contributed by atoms with Crippen molar-refractivity contribution in [2.45, 2.75) is 56.5 Å². The summed E-state index contributed by atoms with van der Waals surface area (Å²) in [5, 5.41) is 0. The molecule has 0 spiro atoms. The maximum Gasteiger partial charge on any atom is 0.410 e. The zero-order valence-corrected chi connectivity index (χ0v) is 21.7. The molecule has 2 unspecified atom stereocenters. The van der Waals surface area contributed by atoms with E-state index in [-0.39, 0.29) is 30.6 Å². The summed E-state index contributed by atoms with van der Waals surface area (Å²) in [5.41, 5.74) is 6.11. The van der Waals surface area contributed by atoms with E-state index in [9.17, 15) is 9.59 Å². The molecule has 0 saturated carbocycles. The van der Waals surface area contributed by atoms with Gasteiger partial charge in [0, 0.05) is 18.7 Å². The van der Waals surface area contributed by atoms with Crippen molar-refractivity contribution in [2.24, 2.45) is 0 Å². The molecule has 1 fully saturated rings. The van der Waals surface area contributed by atoms with Crippen LogP contribution in [0.5, 0.6) is 0 Å². The van der Waals surface area contributed by atoms with Gasteiger partial charge >= 0.3 is 6.09 Å². The van der Waals surface area contributed by atoms with Crippen LogP contribution in [-0.2, 0) is 16.0 Å². The van der Waals surface area contributed by atoms with Gasteiger partial charge in [-0.2, -0.15) is 0 Å². The highest BCUT2D eigenvalue weighted by molar-refractivity contribution is 5.87. The Morgan fingerprint density at radius 1 is 0.842 bits per heavy atom. The maximum atomic E-state index is 13.5. The molecule has 1 saturated heterocycles. The summed E-state index contributed by atoms with van der Waals surface area (Å²) in [7, 11) is 0. The number of ether oxygens (including phenoxy) is 1. The number of nitrogens with zero attached hydrogens (tertiary/aromatic N) is 2. The second kappa shape index (κ2) is 10.9. The van der Waals surface area contributed by atoms with Gasteiger partial charge in [-0.25, -0.2) is 4.79 Å². The third kappa shape index (κ3) is 4.73. The van der Waals surface area contributed by atoms with Gasteiger partial charge in [0.1, 0.15) is 12.6 Å². The molecule has 1 aliphatic carbocycles. The number of benzene rings is 3. The van der Waals surface area contributed by atoms with Gasteiger partial charge in [-0.1, -0.05) is 78.9 Å². The quantitative estimate of drug-likeness (QED) is 0.342. The minimum absolute atomic E-state index is 0.00512. The topological polar surface area (TPSA) is 49.9 Å². The van der Waals surface area contributed by atoms with Crippen molar-refractivity contribution in [1.29, 1.82) is 0 Å². The highest BCUT2D eigenvalue weighted by Gasteiger charge is 2.42. The van der Waals surface area contributed by atoms with Crippen LogP contribution in [0.4, 0.5) is 4.79 Å². The lowest BCUT2D eigenvalue weighted by molar-refractivity contribution is -0.135. The number of fused-ring (bicyclic) bond motifs is 5. The third-order valence-corrected chi connectivity index (χ3v) is 8.23. The first-order chi connectivity index (χ1) is 18.7. The Kier molecular flexibility index (Phi) is 7.00. The van der Waals surface area contributed by atoms with Crippen molar-refractivity contribution < 1.29 is 14.3 Å². The van der Waals surface area contributed by atoms with Gasteiger partial charge in [0.05, 0.1) is 6.04 Å². The van der Waals surface area contributed by atoms with E-state index >= 15 is 0 Å². The summed E-state index contributed by atoms with van der Waals surface area (Å²) in [6.45, 7) is 0.938. The Morgan fingerprint density at radius 3 is 2.26 bits per heavy atom. The van der Waals surface area contributed by atoms with Gasteiger partial charge in [-0.05, 0) is 72.4 Å². The van der Waals surface area contributed by atoms with Gasteiger partial charge in [-0.15, -0.1) is 0 Å². The molecule has 0 N–H and O–H groups in total. The van der Waals surface area contributed by atoms with Crippen molar-refractivity contribution in [3.8, 4) is 11.1 Å². The highest BCUT2D eigenvalue weighted by Crippen LogP contribution is 2.44. The molecule has 5 heteroatoms. The van der Waals surface area contributed by atoms with Crippen molar-refractivity contribution in [3.05, 3.63) is 108 Å². The van der Waals surface area contributed by atoms with Crippen molar-refractivity contribution in [1.82, 2.24) is 9.80 Å². The van der Waals surface area contributed by atoms with Gasteiger partial charge < -0.3 is 9.64 Å². The number of amides is 2. The van der Waals surface area contributed by atoms with Crippen LogP contribution in [0.3, 0.4) is 0 Å². The second-order valence-corrected chi connectivity index (χ2v) is 10.5. The average molecular weight is 507 g/mol. The third-order valence-electron chi connectivity index (χ3n) is 8.23. The summed E-state index contributed by atoms with van der Waals surface area (Å²) in [6, 6.07) is 26.6. The summed E-state index contributed by atoms with van der Waals surface area (Å²) in [5.74, 6) is 0.0159. The van der Waals surface area contributed by atoms with E-state index in [1.807, 2.05) is 47.5 Å². The lowest BCUT2D eigenvalue weighted by atomic mass is 9.96. The number of aryl methyl sites for hydroxylation is 1. The first-order valence-corrected chi connectivity index (χ1v) is 13.9. The number of rotatable bonds is 7. The zero-order chi connectivity index (χ0) is 25.9. The lowest BCUT2D eigenvalue weighted by Gasteiger charge is -2.38. The second-order valence-electron chi connectivity index (χ2n) is 10.5. The molecule has 0 aromatic heterocycles. The number of hydrogen-bond donors (Lipinski definition) is 0. The molecule has 2 aliphatic heterocycles. The molecular formula is C33H34N2O3. The largest absolute Gasteiger partial charge is 0.448 e. The van der Waals surface area contributed by atoms with Crippen LogP contribution in [0.25, 0.3) is 11.1 Å². The average Bonchev–Trinajstić information content (AvgIpc) is 3.25. The first-order valence-electron chi connectivity index (χ1n) is 13.9. The van der Waals surface area contributed by atoms with Crippen molar-refractivity contribution in [3.63, 3.8) is 0 Å². The predicted octanol–water partition coefficient (Wildman–Crippen LogP) is 6.54. The molecule has 6 rings (SSSR count). The van der Waals surface area contributed by atoms with Crippen LogP contribution in [0.1, 0.15) is 54.7 Å². The Labute approximate surface area is 224 Å². The van der Waals surface area contributed by atoms with Gasteiger partial charge in [0.15, 0.2) is 0 Å². The molecule has 2 bridgehead atoms. The van der Waals surface area contributed by atoms with E-state index in [4.69, 9.17) is 4.74 Å². The van der Waals surface area contributed by atoms with E-state index in [0.717, 1.165) is 32.1 Å². The monoisotopic (exact) mass is 506 g/mol. The fourth-order valence-electron chi connectivity index (χ4n) is 6.30. The molecule has 2 heterocycles. The molecule has 2 amide bonds. The van der Waals surface area contributed by atoms with E-state index < -0.39 is 6.04 Å². The molecule has 2 atom stereocenters. The van der Waals surface area contributed by atoms with Gasteiger partial charge in [-0.3, -0.25) is 9.69 Å². The number of carbonyl (C=O) groups excluding carboxylic acids is 2. The number of piperidine rings is 1.